The van der Waals surface area contributed by atoms with Crippen LogP contribution >= 0.6 is 0 Å². The predicted octanol–water partition coefficient (Wildman–Crippen LogP) is 3.13. The summed E-state index contributed by atoms with van der Waals surface area (Å²) in [7, 11) is 4.29. The van der Waals surface area contributed by atoms with Crippen LogP contribution in [-0.4, -0.2) is 49.0 Å². The summed E-state index contributed by atoms with van der Waals surface area (Å²) >= 11 is 0. The molecule has 2 aliphatic rings. The minimum absolute atomic E-state index is 0.140. The van der Waals surface area contributed by atoms with Gasteiger partial charge in [0.25, 0.3) is 0 Å². The highest BCUT2D eigenvalue weighted by Gasteiger charge is 2.23. The summed E-state index contributed by atoms with van der Waals surface area (Å²) in [5.41, 5.74) is 0. The van der Waals surface area contributed by atoms with Gasteiger partial charge in [0.1, 0.15) is 11.6 Å². The maximum Gasteiger partial charge on any atom is 0.228 e. The SMILES string of the molecule is CN1CCC(N(C)c2cccc(NC(=O)C3CCCCC3)n2)CC1. The third-order valence-electron chi connectivity index (χ3n) is 5.56. The molecule has 24 heavy (non-hydrogen) atoms. The lowest BCUT2D eigenvalue weighted by Gasteiger charge is -2.35. The van der Waals surface area contributed by atoms with Crippen molar-refractivity contribution in [3.05, 3.63) is 18.2 Å². The number of pyridine rings is 1. The number of nitrogens with one attached hydrogen (secondary N) is 1. The van der Waals surface area contributed by atoms with Crippen LogP contribution in [0.1, 0.15) is 44.9 Å². The van der Waals surface area contributed by atoms with Gasteiger partial charge in [-0.1, -0.05) is 25.3 Å². The quantitative estimate of drug-likeness (QED) is 0.921. The molecule has 1 aromatic heterocycles. The summed E-state index contributed by atoms with van der Waals surface area (Å²) < 4.78 is 0. The highest BCUT2D eigenvalue weighted by molar-refractivity contribution is 5.91. The van der Waals surface area contributed by atoms with E-state index < -0.39 is 0 Å². The first kappa shape index (κ1) is 17.2. The number of hydrogen-bond acceptors (Lipinski definition) is 4. The number of nitrogens with zero attached hydrogens (tertiary/aromatic N) is 3. The van der Waals surface area contributed by atoms with Crippen molar-refractivity contribution in [3.8, 4) is 0 Å². The highest BCUT2D eigenvalue weighted by atomic mass is 16.1. The van der Waals surface area contributed by atoms with E-state index in [1.54, 1.807) is 0 Å². The molecule has 5 nitrogen and oxygen atoms in total. The maximum atomic E-state index is 12.4. The number of anilines is 2. The van der Waals surface area contributed by atoms with Gasteiger partial charge in [0.05, 0.1) is 0 Å². The number of piperidine rings is 1. The van der Waals surface area contributed by atoms with Gasteiger partial charge in [-0.15, -0.1) is 0 Å². The fourth-order valence-corrected chi connectivity index (χ4v) is 3.85. The number of hydrogen-bond donors (Lipinski definition) is 1. The first-order chi connectivity index (χ1) is 11.6. The maximum absolute atomic E-state index is 12.4. The van der Waals surface area contributed by atoms with E-state index in [-0.39, 0.29) is 11.8 Å². The van der Waals surface area contributed by atoms with Crippen molar-refractivity contribution in [1.82, 2.24) is 9.88 Å². The first-order valence-electron chi connectivity index (χ1n) is 9.33. The molecule has 0 radical (unpaired) electrons. The summed E-state index contributed by atoms with van der Waals surface area (Å²) in [6, 6.07) is 6.45. The molecule has 1 amide bonds. The lowest BCUT2D eigenvalue weighted by molar-refractivity contribution is -0.120. The van der Waals surface area contributed by atoms with E-state index in [9.17, 15) is 4.79 Å². The molecule has 0 atom stereocenters. The van der Waals surface area contributed by atoms with E-state index in [1.807, 2.05) is 18.2 Å². The molecule has 0 aromatic carbocycles. The van der Waals surface area contributed by atoms with Gasteiger partial charge in [-0.3, -0.25) is 4.79 Å². The Labute approximate surface area is 145 Å². The molecule has 3 rings (SSSR count). The zero-order chi connectivity index (χ0) is 16.9. The molecule has 0 bridgehead atoms. The minimum atomic E-state index is 0.140. The molecule has 0 spiro atoms. The number of rotatable bonds is 4. The van der Waals surface area contributed by atoms with Crippen LogP contribution in [0.3, 0.4) is 0 Å². The molecule has 1 aliphatic carbocycles. The Bertz CT molecular complexity index is 548. The molecule has 1 aromatic rings. The predicted molar refractivity (Wildman–Crippen MR) is 98.4 cm³/mol. The first-order valence-corrected chi connectivity index (χ1v) is 9.33. The molecular formula is C19H30N4O. The standard InChI is InChI=1S/C19H30N4O/c1-22-13-11-16(12-14-22)23(2)18-10-6-9-17(20-18)21-19(24)15-7-4-3-5-8-15/h6,9-10,15-16H,3-5,7-8,11-14H2,1-2H3,(H,20,21,24). The van der Waals surface area contributed by atoms with Crippen molar-refractivity contribution in [1.29, 1.82) is 0 Å². The fourth-order valence-electron chi connectivity index (χ4n) is 3.85. The third kappa shape index (κ3) is 4.26. The van der Waals surface area contributed by atoms with E-state index in [0.29, 0.717) is 11.9 Å². The second kappa shape index (κ2) is 7.97. The minimum Gasteiger partial charge on any atom is -0.357 e. The fraction of sp³-hybridized carbons (Fsp3) is 0.684. The summed E-state index contributed by atoms with van der Waals surface area (Å²) in [4.78, 5) is 21.7. The molecular weight excluding hydrogens is 300 g/mol. The van der Waals surface area contributed by atoms with Crippen LogP contribution in [0.15, 0.2) is 18.2 Å². The highest BCUT2D eigenvalue weighted by Crippen LogP contribution is 2.25. The lowest BCUT2D eigenvalue weighted by atomic mass is 9.89. The number of carbonyl (C=O) groups excluding carboxylic acids is 1. The van der Waals surface area contributed by atoms with Crippen LogP contribution in [-0.2, 0) is 4.79 Å². The topological polar surface area (TPSA) is 48.5 Å². The Morgan fingerprint density at radius 2 is 1.88 bits per heavy atom. The van der Waals surface area contributed by atoms with Gasteiger partial charge in [-0.25, -0.2) is 4.98 Å². The molecule has 0 unspecified atom stereocenters. The molecule has 1 N–H and O–H groups in total. The molecule has 2 fully saturated rings. The number of aromatic nitrogens is 1. The van der Waals surface area contributed by atoms with Crippen LogP contribution in [0.5, 0.6) is 0 Å². The molecule has 1 aliphatic heterocycles. The van der Waals surface area contributed by atoms with E-state index in [4.69, 9.17) is 0 Å². The number of likely N-dealkylation sites (tertiary alicyclic amines) is 1. The van der Waals surface area contributed by atoms with Crippen molar-refractivity contribution in [2.24, 2.45) is 5.92 Å². The Morgan fingerprint density at radius 1 is 1.17 bits per heavy atom. The molecule has 1 saturated carbocycles. The van der Waals surface area contributed by atoms with Crippen LogP contribution in [0.2, 0.25) is 0 Å². The molecule has 132 valence electrons. The largest absolute Gasteiger partial charge is 0.357 e. The zero-order valence-electron chi connectivity index (χ0n) is 15.0. The Kier molecular flexibility index (Phi) is 5.72. The van der Waals surface area contributed by atoms with Gasteiger partial charge in [0.15, 0.2) is 0 Å². The van der Waals surface area contributed by atoms with Gasteiger partial charge in [0.2, 0.25) is 5.91 Å². The second-order valence-corrected chi connectivity index (χ2v) is 7.35. The van der Waals surface area contributed by atoms with Gasteiger partial charge in [-0.2, -0.15) is 0 Å². The summed E-state index contributed by atoms with van der Waals surface area (Å²) in [6.45, 7) is 2.26. The smallest absolute Gasteiger partial charge is 0.228 e. The van der Waals surface area contributed by atoms with Crippen molar-refractivity contribution in [3.63, 3.8) is 0 Å². The third-order valence-corrected chi connectivity index (χ3v) is 5.56. The Balaban J connectivity index is 1.62. The molecule has 2 heterocycles. The Morgan fingerprint density at radius 3 is 2.58 bits per heavy atom. The van der Waals surface area contributed by atoms with Crippen molar-refractivity contribution >= 4 is 17.5 Å². The van der Waals surface area contributed by atoms with E-state index in [2.05, 4.69) is 34.2 Å². The van der Waals surface area contributed by atoms with Crippen molar-refractivity contribution < 1.29 is 4.79 Å². The normalized spacial score (nSPS) is 20.8. The average molecular weight is 330 g/mol. The monoisotopic (exact) mass is 330 g/mol. The van der Waals surface area contributed by atoms with Gasteiger partial charge in [-0.05, 0) is 58.0 Å². The van der Waals surface area contributed by atoms with E-state index >= 15 is 0 Å². The average Bonchev–Trinajstić information content (AvgIpc) is 2.63. The van der Waals surface area contributed by atoms with Crippen LogP contribution < -0.4 is 10.2 Å². The van der Waals surface area contributed by atoms with Crippen LogP contribution in [0.4, 0.5) is 11.6 Å². The van der Waals surface area contributed by atoms with Gasteiger partial charge >= 0.3 is 0 Å². The Hall–Kier alpha value is -1.62. The van der Waals surface area contributed by atoms with Crippen LogP contribution in [0, 0.1) is 5.92 Å². The summed E-state index contributed by atoms with van der Waals surface area (Å²) in [5, 5.41) is 3.03. The zero-order valence-corrected chi connectivity index (χ0v) is 15.0. The summed E-state index contributed by atoms with van der Waals surface area (Å²) in [5.74, 6) is 1.94. The number of amides is 1. The summed E-state index contributed by atoms with van der Waals surface area (Å²) in [6.07, 6.45) is 7.95. The number of carbonyl (C=O) groups is 1. The van der Waals surface area contributed by atoms with Crippen molar-refractivity contribution in [2.75, 3.05) is 37.4 Å². The lowest BCUT2D eigenvalue weighted by Crippen LogP contribution is -2.42. The van der Waals surface area contributed by atoms with Crippen molar-refractivity contribution in [2.45, 2.75) is 51.0 Å². The van der Waals surface area contributed by atoms with Gasteiger partial charge in [0, 0.05) is 19.0 Å². The molecule has 1 saturated heterocycles. The van der Waals surface area contributed by atoms with E-state index in [0.717, 1.165) is 44.6 Å². The second-order valence-electron chi connectivity index (χ2n) is 7.35. The van der Waals surface area contributed by atoms with Gasteiger partial charge < -0.3 is 15.1 Å². The van der Waals surface area contributed by atoms with Crippen LogP contribution in [0.25, 0.3) is 0 Å². The molecule has 5 heteroatoms. The van der Waals surface area contributed by atoms with E-state index in [1.165, 1.54) is 19.3 Å².